The van der Waals surface area contributed by atoms with Crippen LogP contribution >= 0.6 is 22.9 Å². The summed E-state index contributed by atoms with van der Waals surface area (Å²) in [5, 5.41) is 20.4. The summed E-state index contributed by atoms with van der Waals surface area (Å²) in [6.45, 7) is 4.26. The molecule has 1 fully saturated rings. The highest BCUT2D eigenvalue weighted by molar-refractivity contribution is 7.13. The number of rotatable bonds is 8. The van der Waals surface area contributed by atoms with Gasteiger partial charge in [-0.05, 0) is 75.3 Å². The second kappa shape index (κ2) is 9.38. The normalized spacial score (nSPS) is 24.6. The Morgan fingerprint density at radius 1 is 1.25 bits per heavy atom. The van der Waals surface area contributed by atoms with Crippen molar-refractivity contribution in [3.05, 3.63) is 51.0 Å². The van der Waals surface area contributed by atoms with Crippen LogP contribution in [0.25, 0.3) is 0 Å². The quantitative estimate of drug-likeness (QED) is 0.587. The van der Waals surface area contributed by atoms with E-state index in [1.807, 2.05) is 0 Å². The number of hydrogen-bond acceptors (Lipinski definition) is 4. The van der Waals surface area contributed by atoms with Crippen molar-refractivity contribution >= 4 is 28.9 Å². The smallest absolute Gasteiger partial charge is 0.347 e. The molecule has 0 amide bonds. The van der Waals surface area contributed by atoms with Crippen LogP contribution in [0.1, 0.15) is 57.1 Å². The molecule has 2 aromatic rings. The lowest BCUT2D eigenvalue weighted by Crippen LogP contribution is -2.21. The molecule has 0 spiro atoms. The minimum absolute atomic E-state index is 0.0172. The average molecular weight is 422 g/mol. The Kier molecular flexibility index (Phi) is 7.13. The summed E-state index contributed by atoms with van der Waals surface area (Å²) in [4.78, 5) is 15.5. The van der Waals surface area contributed by atoms with E-state index in [0.717, 1.165) is 37.1 Å². The minimum Gasteiger partial charge on any atom is -0.477 e. The summed E-state index contributed by atoms with van der Waals surface area (Å²) in [6, 6.07) is 6.56. The van der Waals surface area contributed by atoms with Crippen LogP contribution in [0.5, 0.6) is 0 Å². The zero-order chi connectivity index (χ0) is 20.3. The van der Waals surface area contributed by atoms with Crippen LogP contribution in [0.4, 0.5) is 0 Å². The molecule has 1 aliphatic rings. The third-order valence-electron chi connectivity index (χ3n) is 5.92. The number of benzene rings is 1. The number of aromatic nitrogens is 1. The van der Waals surface area contributed by atoms with Crippen molar-refractivity contribution < 1.29 is 15.0 Å². The summed E-state index contributed by atoms with van der Waals surface area (Å²) in [7, 11) is 0. The number of carbonyl (C=O) groups is 1. The van der Waals surface area contributed by atoms with Gasteiger partial charge in [0.05, 0.1) is 17.3 Å². The van der Waals surface area contributed by atoms with Gasteiger partial charge in [0.2, 0.25) is 0 Å². The van der Waals surface area contributed by atoms with E-state index in [4.69, 9.17) is 16.7 Å². The number of halogens is 1. The van der Waals surface area contributed by atoms with Gasteiger partial charge >= 0.3 is 5.97 Å². The van der Waals surface area contributed by atoms with Gasteiger partial charge in [-0.3, -0.25) is 0 Å². The lowest BCUT2D eigenvalue weighted by molar-refractivity contribution is 0.0702. The fraction of sp³-hybridized carbons (Fsp3) is 0.545. The van der Waals surface area contributed by atoms with E-state index in [-0.39, 0.29) is 22.3 Å². The summed E-state index contributed by atoms with van der Waals surface area (Å²) < 4.78 is 0. The van der Waals surface area contributed by atoms with Gasteiger partial charge in [0.15, 0.2) is 0 Å². The first-order valence-electron chi connectivity index (χ1n) is 9.91. The molecule has 1 aromatic carbocycles. The van der Waals surface area contributed by atoms with E-state index in [0.29, 0.717) is 12.3 Å². The van der Waals surface area contributed by atoms with E-state index < -0.39 is 5.97 Å². The second-order valence-electron chi connectivity index (χ2n) is 7.93. The predicted molar refractivity (Wildman–Crippen MR) is 113 cm³/mol. The molecule has 0 radical (unpaired) electrons. The molecule has 3 rings (SSSR count). The van der Waals surface area contributed by atoms with Crippen molar-refractivity contribution in [1.29, 1.82) is 0 Å². The largest absolute Gasteiger partial charge is 0.477 e. The van der Waals surface area contributed by atoms with Gasteiger partial charge in [0.1, 0.15) is 4.88 Å². The number of carboxylic acids is 1. The first-order chi connectivity index (χ1) is 13.3. The molecule has 152 valence electrons. The number of aromatic carboxylic acids is 1. The fourth-order valence-corrected chi connectivity index (χ4v) is 5.63. The zero-order valence-corrected chi connectivity index (χ0v) is 18.0. The van der Waals surface area contributed by atoms with Crippen molar-refractivity contribution in [1.82, 2.24) is 4.98 Å². The Hall–Kier alpha value is -1.43. The third kappa shape index (κ3) is 5.13. The van der Waals surface area contributed by atoms with Crippen LogP contribution in [-0.4, -0.2) is 32.6 Å². The molecule has 4 nitrogen and oxygen atoms in total. The number of aliphatic hydroxyl groups excluding tert-OH is 1. The molecule has 4 atom stereocenters. The molecule has 0 saturated heterocycles. The molecule has 1 saturated carbocycles. The van der Waals surface area contributed by atoms with E-state index in [2.05, 4.69) is 37.0 Å². The molecule has 6 heteroatoms. The summed E-state index contributed by atoms with van der Waals surface area (Å²) in [5.74, 6) is -0.416. The number of alkyl halides is 1. The van der Waals surface area contributed by atoms with Gasteiger partial charge in [0.25, 0.3) is 0 Å². The maximum atomic E-state index is 11.0. The van der Waals surface area contributed by atoms with Gasteiger partial charge in [-0.2, -0.15) is 0 Å². The van der Waals surface area contributed by atoms with Crippen LogP contribution in [0, 0.1) is 25.7 Å². The van der Waals surface area contributed by atoms with Crippen LogP contribution in [0.2, 0.25) is 0 Å². The summed E-state index contributed by atoms with van der Waals surface area (Å²) in [6.07, 6.45) is 6.23. The fourth-order valence-electron chi connectivity index (χ4n) is 4.34. The van der Waals surface area contributed by atoms with Crippen molar-refractivity contribution in [3.63, 3.8) is 0 Å². The number of nitrogens with zero attached hydrogens (tertiary/aromatic N) is 1. The van der Waals surface area contributed by atoms with E-state index in [9.17, 15) is 9.90 Å². The molecular weight excluding hydrogens is 394 g/mol. The molecule has 2 N–H and O–H groups in total. The molecule has 2 unspecified atom stereocenters. The molecule has 1 aromatic heterocycles. The van der Waals surface area contributed by atoms with Gasteiger partial charge in [-0.25, -0.2) is 9.78 Å². The standard InChI is InChI=1S/C22H28ClNO3S/c1-13-6-7-14(2)15(10-13)8-9-16-17(19(25)11-18(16)23)4-3-5-21-24-12-20(28-21)22(26)27/h6-7,10,12,16-19,25H,3-5,8-9,11H2,1-2H3,(H,26,27)/t16-,17-,18?,19?/m1/s1. The number of carboxylic acid groups (broad SMARTS) is 1. The highest BCUT2D eigenvalue weighted by Crippen LogP contribution is 2.41. The first kappa shape index (κ1) is 21.3. The maximum Gasteiger partial charge on any atom is 0.347 e. The van der Waals surface area contributed by atoms with Crippen LogP contribution in [0.3, 0.4) is 0 Å². The van der Waals surface area contributed by atoms with Gasteiger partial charge in [-0.1, -0.05) is 23.8 Å². The van der Waals surface area contributed by atoms with Crippen LogP contribution in [-0.2, 0) is 12.8 Å². The van der Waals surface area contributed by atoms with E-state index in [1.165, 1.54) is 34.2 Å². The van der Waals surface area contributed by atoms with Crippen molar-refractivity contribution in [2.45, 2.75) is 63.9 Å². The van der Waals surface area contributed by atoms with Gasteiger partial charge in [-0.15, -0.1) is 22.9 Å². The first-order valence-corrected chi connectivity index (χ1v) is 11.2. The second-order valence-corrected chi connectivity index (χ2v) is 9.61. The Bertz CT molecular complexity index is 822. The van der Waals surface area contributed by atoms with Crippen molar-refractivity contribution in [2.75, 3.05) is 0 Å². The Morgan fingerprint density at radius 2 is 2.04 bits per heavy atom. The number of aryl methyl sites for hydroxylation is 4. The maximum absolute atomic E-state index is 11.0. The monoisotopic (exact) mass is 421 g/mol. The minimum atomic E-state index is -0.925. The molecule has 28 heavy (non-hydrogen) atoms. The highest BCUT2D eigenvalue weighted by atomic mass is 35.5. The van der Waals surface area contributed by atoms with Gasteiger partial charge in [0, 0.05) is 5.38 Å². The average Bonchev–Trinajstić information content (AvgIpc) is 3.21. The van der Waals surface area contributed by atoms with Crippen LogP contribution in [0.15, 0.2) is 24.4 Å². The van der Waals surface area contributed by atoms with E-state index >= 15 is 0 Å². The third-order valence-corrected chi connectivity index (χ3v) is 7.47. The number of thiazole rings is 1. The molecular formula is C22H28ClNO3S. The molecule has 0 aliphatic heterocycles. The SMILES string of the molecule is Cc1ccc(C)c(CC[C@H]2C(Cl)CC(O)[C@@H]2CCCc2ncc(C(=O)O)s2)c1. The lowest BCUT2D eigenvalue weighted by atomic mass is 9.85. The Labute approximate surface area is 175 Å². The van der Waals surface area contributed by atoms with Gasteiger partial charge < -0.3 is 10.2 Å². The number of aliphatic hydroxyl groups is 1. The molecule has 0 bridgehead atoms. The van der Waals surface area contributed by atoms with Crippen LogP contribution < -0.4 is 0 Å². The molecule has 1 aliphatic carbocycles. The molecule has 1 heterocycles. The summed E-state index contributed by atoms with van der Waals surface area (Å²) in [5.41, 5.74) is 3.95. The highest BCUT2D eigenvalue weighted by Gasteiger charge is 2.40. The lowest BCUT2D eigenvalue weighted by Gasteiger charge is -2.24. The van der Waals surface area contributed by atoms with Crippen molar-refractivity contribution in [3.8, 4) is 0 Å². The topological polar surface area (TPSA) is 70.4 Å². The van der Waals surface area contributed by atoms with E-state index in [1.54, 1.807) is 0 Å². The Balaban J connectivity index is 1.57. The zero-order valence-electron chi connectivity index (χ0n) is 16.4. The van der Waals surface area contributed by atoms with Crippen molar-refractivity contribution in [2.24, 2.45) is 11.8 Å². The number of hydrogen-bond donors (Lipinski definition) is 2. The predicted octanol–water partition coefficient (Wildman–Crippen LogP) is 5.02. The summed E-state index contributed by atoms with van der Waals surface area (Å²) >= 11 is 7.84. The Morgan fingerprint density at radius 3 is 2.75 bits per heavy atom.